The number of non-ortho nitro benzene ring substituents is 1. The number of pyridine rings is 1. The van der Waals surface area contributed by atoms with Gasteiger partial charge < -0.3 is 0 Å². The fourth-order valence-corrected chi connectivity index (χ4v) is 1.30. The van der Waals surface area contributed by atoms with Crippen LogP contribution in [0.25, 0.3) is 10.8 Å². The number of rotatable bonds is 1. The van der Waals surface area contributed by atoms with E-state index in [1.807, 2.05) is 0 Å². The fourth-order valence-electron chi connectivity index (χ4n) is 1.30. The maximum atomic E-state index is 13.1. The van der Waals surface area contributed by atoms with Crippen molar-refractivity contribution in [1.29, 1.82) is 0 Å². The Morgan fingerprint density at radius 3 is 2.79 bits per heavy atom. The van der Waals surface area contributed by atoms with Crippen LogP contribution in [0.5, 0.6) is 0 Å². The summed E-state index contributed by atoms with van der Waals surface area (Å²) in [7, 11) is 0. The average molecular weight is 192 g/mol. The summed E-state index contributed by atoms with van der Waals surface area (Å²) in [4.78, 5) is 13.6. The zero-order chi connectivity index (χ0) is 10.1. The molecule has 14 heavy (non-hydrogen) atoms. The monoisotopic (exact) mass is 192 g/mol. The van der Waals surface area contributed by atoms with Crippen molar-refractivity contribution < 1.29 is 9.31 Å². The van der Waals surface area contributed by atoms with Gasteiger partial charge in [-0.15, -0.1) is 0 Å². The molecule has 0 atom stereocenters. The molecule has 0 saturated heterocycles. The number of hydrogen-bond acceptors (Lipinski definition) is 3. The highest BCUT2D eigenvalue weighted by molar-refractivity contribution is 5.90. The second kappa shape index (κ2) is 3.02. The Balaban J connectivity index is 2.88. The summed E-state index contributed by atoms with van der Waals surface area (Å²) in [6.07, 6.45) is 2.32. The van der Waals surface area contributed by atoms with Gasteiger partial charge in [-0.25, -0.2) is 4.39 Å². The Morgan fingerprint density at radius 1 is 1.29 bits per heavy atom. The van der Waals surface area contributed by atoms with Gasteiger partial charge in [0.25, 0.3) is 5.69 Å². The van der Waals surface area contributed by atoms with Crippen LogP contribution in [0.4, 0.5) is 10.1 Å². The van der Waals surface area contributed by atoms with E-state index < -0.39 is 10.7 Å². The van der Waals surface area contributed by atoms with Gasteiger partial charge in [0.2, 0.25) is 0 Å². The van der Waals surface area contributed by atoms with Crippen molar-refractivity contribution in [2.75, 3.05) is 0 Å². The molecular weight excluding hydrogens is 187 g/mol. The highest BCUT2D eigenvalue weighted by Gasteiger charge is 2.12. The van der Waals surface area contributed by atoms with Gasteiger partial charge in [0.1, 0.15) is 5.82 Å². The Morgan fingerprint density at radius 2 is 2.07 bits per heavy atom. The van der Waals surface area contributed by atoms with Crippen molar-refractivity contribution in [3.05, 3.63) is 46.5 Å². The van der Waals surface area contributed by atoms with Crippen molar-refractivity contribution in [1.82, 2.24) is 4.98 Å². The molecule has 2 aromatic rings. The Labute approximate surface area is 78.2 Å². The molecule has 0 N–H and O–H groups in total. The molecule has 2 rings (SSSR count). The van der Waals surface area contributed by atoms with Crippen LogP contribution in [0.3, 0.4) is 0 Å². The number of aromatic nitrogens is 1. The molecule has 0 amide bonds. The van der Waals surface area contributed by atoms with E-state index in [-0.39, 0.29) is 16.5 Å². The van der Waals surface area contributed by atoms with Gasteiger partial charge >= 0.3 is 0 Å². The number of nitro groups is 1. The molecule has 0 radical (unpaired) electrons. The van der Waals surface area contributed by atoms with E-state index in [1.54, 1.807) is 0 Å². The van der Waals surface area contributed by atoms with E-state index >= 15 is 0 Å². The van der Waals surface area contributed by atoms with E-state index in [1.165, 1.54) is 24.4 Å². The minimum atomic E-state index is -0.552. The van der Waals surface area contributed by atoms with Gasteiger partial charge in [0.05, 0.1) is 16.5 Å². The first-order valence-electron chi connectivity index (χ1n) is 3.87. The lowest BCUT2D eigenvalue weighted by Crippen LogP contribution is -1.91. The van der Waals surface area contributed by atoms with Crippen LogP contribution in [0.15, 0.2) is 30.6 Å². The first-order valence-corrected chi connectivity index (χ1v) is 3.87. The zero-order valence-corrected chi connectivity index (χ0v) is 6.98. The molecule has 0 aliphatic rings. The molecule has 0 aliphatic carbocycles. The van der Waals surface area contributed by atoms with Crippen molar-refractivity contribution in [2.45, 2.75) is 0 Å². The predicted octanol–water partition coefficient (Wildman–Crippen LogP) is 2.28. The molecule has 70 valence electrons. The Hall–Kier alpha value is -2.04. The minimum absolute atomic E-state index is 0.130. The number of nitrogens with zero attached hydrogens (tertiary/aromatic N) is 2. The molecule has 0 saturated carbocycles. The van der Waals surface area contributed by atoms with Gasteiger partial charge in [-0.2, -0.15) is 0 Å². The van der Waals surface area contributed by atoms with Crippen LogP contribution in [0.1, 0.15) is 0 Å². The summed E-state index contributed by atoms with van der Waals surface area (Å²) in [5.74, 6) is -0.550. The lowest BCUT2D eigenvalue weighted by atomic mass is 10.1. The summed E-state index contributed by atoms with van der Waals surface area (Å²) >= 11 is 0. The van der Waals surface area contributed by atoms with Crippen LogP contribution < -0.4 is 0 Å². The second-order valence-electron chi connectivity index (χ2n) is 2.75. The smallest absolute Gasteiger partial charge is 0.261 e. The minimum Gasteiger partial charge on any atom is -0.261 e. The maximum absolute atomic E-state index is 13.1. The highest BCUT2D eigenvalue weighted by atomic mass is 19.1. The third kappa shape index (κ3) is 1.19. The van der Waals surface area contributed by atoms with Crippen LogP contribution >= 0.6 is 0 Å². The number of halogens is 1. The van der Waals surface area contributed by atoms with Gasteiger partial charge in [0, 0.05) is 17.6 Å². The topological polar surface area (TPSA) is 56.0 Å². The van der Waals surface area contributed by atoms with Gasteiger partial charge in [0.15, 0.2) is 0 Å². The number of fused-ring (bicyclic) bond motifs is 1. The maximum Gasteiger partial charge on any atom is 0.278 e. The third-order valence-corrected chi connectivity index (χ3v) is 1.93. The summed E-state index contributed by atoms with van der Waals surface area (Å²) in [5.41, 5.74) is -0.130. The quantitative estimate of drug-likeness (QED) is 0.514. The van der Waals surface area contributed by atoms with Crippen LogP contribution in [-0.2, 0) is 0 Å². The van der Waals surface area contributed by atoms with E-state index in [2.05, 4.69) is 4.98 Å². The molecule has 0 spiro atoms. The molecule has 1 aromatic carbocycles. The van der Waals surface area contributed by atoms with Crippen LogP contribution in [0, 0.1) is 15.9 Å². The van der Waals surface area contributed by atoms with E-state index in [4.69, 9.17) is 0 Å². The Bertz CT molecular complexity index is 513. The first kappa shape index (κ1) is 8.55. The standard InChI is InChI=1S/C9H5FN2O2/c10-8-5-11-4-7-6(8)2-1-3-9(7)12(13)14/h1-5H. The lowest BCUT2D eigenvalue weighted by molar-refractivity contribution is -0.383. The molecule has 0 fully saturated rings. The first-order chi connectivity index (χ1) is 6.70. The van der Waals surface area contributed by atoms with Crippen molar-refractivity contribution >= 4 is 16.5 Å². The fraction of sp³-hybridized carbons (Fsp3) is 0. The molecule has 4 nitrogen and oxygen atoms in total. The zero-order valence-electron chi connectivity index (χ0n) is 6.98. The van der Waals surface area contributed by atoms with E-state index in [9.17, 15) is 14.5 Å². The summed E-state index contributed by atoms with van der Waals surface area (Å²) in [6, 6.07) is 4.26. The Kier molecular flexibility index (Phi) is 1.85. The number of hydrogen-bond donors (Lipinski definition) is 0. The van der Waals surface area contributed by atoms with Gasteiger partial charge in [-0.05, 0) is 0 Å². The SMILES string of the molecule is O=[N+]([O-])c1cccc2c(F)cncc12. The van der Waals surface area contributed by atoms with Crippen molar-refractivity contribution in [3.8, 4) is 0 Å². The molecule has 5 heteroatoms. The molecule has 0 unspecified atom stereocenters. The number of nitro benzene ring substituents is 1. The van der Waals surface area contributed by atoms with Crippen molar-refractivity contribution in [2.24, 2.45) is 0 Å². The van der Waals surface area contributed by atoms with Crippen LogP contribution in [-0.4, -0.2) is 9.91 Å². The normalized spacial score (nSPS) is 10.4. The summed E-state index contributed by atoms with van der Waals surface area (Å²) in [5, 5.41) is 11.0. The predicted molar refractivity (Wildman–Crippen MR) is 48.4 cm³/mol. The van der Waals surface area contributed by atoms with Crippen molar-refractivity contribution in [3.63, 3.8) is 0 Å². The largest absolute Gasteiger partial charge is 0.278 e. The second-order valence-corrected chi connectivity index (χ2v) is 2.75. The third-order valence-electron chi connectivity index (χ3n) is 1.93. The summed E-state index contributed by atoms with van der Waals surface area (Å²) < 4.78 is 13.1. The average Bonchev–Trinajstić information content (AvgIpc) is 2.17. The van der Waals surface area contributed by atoms with Gasteiger partial charge in [-0.3, -0.25) is 15.1 Å². The van der Waals surface area contributed by atoms with E-state index in [0.29, 0.717) is 0 Å². The van der Waals surface area contributed by atoms with E-state index in [0.717, 1.165) is 6.20 Å². The summed E-state index contributed by atoms with van der Waals surface area (Å²) in [6.45, 7) is 0. The molecule has 0 bridgehead atoms. The highest BCUT2D eigenvalue weighted by Crippen LogP contribution is 2.25. The van der Waals surface area contributed by atoms with Gasteiger partial charge in [-0.1, -0.05) is 12.1 Å². The molecule has 1 heterocycles. The lowest BCUT2D eigenvalue weighted by Gasteiger charge is -1.98. The number of benzene rings is 1. The van der Waals surface area contributed by atoms with Crippen LogP contribution in [0.2, 0.25) is 0 Å². The molecule has 1 aromatic heterocycles. The molecular formula is C9H5FN2O2. The molecule has 0 aliphatic heterocycles.